The molecule has 1 aliphatic carbocycles. The number of phenols is 1. The van der Waals surface area contributed by atoms with Crippen molar-refractivity contribution in [3.63, 3.8) is 0 Å². The molecule has 0 unspecified atom stereocenters. The van der Waals surface area contributed by atoms with Crippen molar-refractivity contribution >= 4 is 5.78 Å². The van der Waals surface area contributed by atoms with Gasteiger partial charge in [-0.05, 0) is 42.2 Å². The first kappa shape index (κ1) is 14.2. The molecule has 0 atom stereocenters. The summed E-state index contributed by atoms with van der Waals surface area (Å²) < 4.78 is 5.04. The lowest BCUT2D eigenvalue weighted by molar-refractivity contribution is -0.115. The number of methoxy groups -OCH3 is 1. The van der Waals surface area contributed by atoms with E-state index in [-0.39, 0.29) is 11.5 Å². The molecule has 0 radical (unpaired) electrons. The van der Waals surface area contributed by atoms with Crippen molar-refractivity contribution in [2.24, 2.45) is 0 Å². The zero-order chi connectivity index (χ0) is 14.5. The Kier molecular flexibility index (Phi) is 4.45. The number of Topliss-reactive ketones (excluding diaryl/α,β-unsaturated/α-hetero) is 1. The van der Waals surface area contributed by atoms with Gasteiger partial charge in [0.1, 0.15) is 0 Å². The predicted molar refractivity (Wildman–Crippen MR) is 76.0 cm³/mol. The molecule has 0 fully saturated rings. The van der Waals surface area contributed by atoms with Gasteiger partial charge < -0.3 is 14.9 Å². The second kappa shape index (κ2) is 6.28. The van der Waals surface area contributed by atoms with Crippen molar-refractivity contribution in [1.82, 2.24) is 0 Å². The molecule has 0 saturated carbocycles. The Bertz CT molecular complexity index is 570. The highest BCUT2D eigenvalue weighted by Gasteiger charge is 2.13. The molecule has 4 heteroatoms. The number of aliphatic hydroxyl groups excluding tert-OH is 1. The summed E-state index contributed by atoms with van der Waals surface area (Å²) in [6.45, 7) is 0. The van der Waals surface area contributed by atoms with Crippen LogP contribution in [0.2, 0.25) is 0 Å². The predicted octanol–water partition coefficient (Wildman–Crippen LogP) is 3.06. The summed E-state index contributed by atoms with van der Waals surface area (Å²) in [4.78, 5) is 12.0. The van der Waals surface area contributed by atoms with E-state index in [1.165, 1.54) is 7.11 Å². The van der Waals surface area contributed by atoms with Crippen LogP contribution in [0.15, 0.2) is 41.7 Å². The van der Waals surface area contributed by atoms with Gasteiger partial charge in [-0.3, -0.25) is 4.79 Å². The fourth-order valence-electron chi connectivity index (χ4n) is 2.15. The largest absolute Gasteiger partial charge is 0.512 e. The number of benzene rings is 1. The average molecular weight is 274 g/mol. The number of aliphatic hydroxyl groups is 1. The molecule has 0 bridgehead atoms. The highest BCUT2D eigenvalue weighted by atomic mass is 16.5. The van der Waals surface area contributed by atoms with Gasteiger partial charge >= 0.3 is 0 Å². The fraction of sp³-hybridized carbons (Fsp3) is 0.312. The van der Waals surface area contributed by atoms with Crippen LogP contribution in [0.3, 0.4) is 0 Å². The second-order valence-corrected chi connectivity index (χ2v) is 4.78. The van der Waals surface area contributed by atoms with Gasteiger partial charge in [0.15, 0.2) is 17.3 Å². The van der Waals surface area contributed by atoms with Crippen LogP contribution in [-0.2, 0) is 11.2 Å². The third-order valence-corrected chi connectivity index (χ3v) is 3.37. The van der Waals surface area contributed by atoms with Gasteiger partial charge in [-0.2, -0.15) is 0 Å². The van der Waals surface area contributed by atoms with E-state index in [0.29, 0.717) is 37.2 Å². The number of hydrogen-bond donors (Lipinski definition) is 2. The maximum atomic E-state index is 12.0. The van der Waals surface area contributed by atoms with E-state index >= 15 is 0 Å². The minimum absolute atomic E-state index is 0.0955. The van der Waals surface area contributed by atoms with Gasteiger partial charge in [0.2, 0.25) is 0 Å². The lowest BCUT2D eigenvalue weighted by atomic mass is 9.96. The molecule has 1 aliphatic rings. The van der Waals surface area contributed by atoms with Crippen LogP contribution in [0.4, 0.5) is 0 Å². The van der Waals surface area contributed by atoms with Crippen molar-refractivity contribution in [3.05, 3.63) is 47.2 Å². The third kappa shape index (κ3) is 3.41. The first-order chi connectivity index (χ1) is 9.60. The summed E-state index contributed by atoms with van der Waals surface area (Å²) in [5.74, 6) is 0.934. The van der Waals surface area contributed by atoms with Crippen LogP contribution >= 0.6 is 0 Å². The number of phenolic OH excluding ortho intramolecular Hbond substituents is 1. The van der Waals surface area contributed by atoms with Crippen molar-refractivity contribution in [3.8, 4) is 11.5 Å². The lowest BCUT2D eigenvalue weighted by Gasteiger charge is -2.10. The molecule has 0 spiro atoms. The molecule has 0 amide bonds. The number of carbonyl (C=O) groups excluding carboxylic acids is 1. The Morgan fingerprint density at radius 2 is 2.05 bits per heavy atom. The molecular weight excluding hydrogens is 256 g/mol. The minimum atomic E-state index is 0.0955. The summed E-state index contributed by atoms with van der Waals surface area (Å²) in [7, 11) is 1.50. The highest BCUT2D eigenvalue weighted by molar-refractivity contribution is 5.96. The van der Waals surface area contributed by atoms with E-state index < -0.39 is 0 Å². The van der Waals surface area contributed by atoms with Crippen LogP contribution < -0.4 is 4.74 Å². The van der Waals surface area contributed by atoms with Gasteiger partial charge in [-0.1, -0.05) is 12.1 Å². The number of rotatable bonds is 5. The Labute approximate surface area is 118 Å². The van der Waals surface area contributed by atoms with Gasteiger partial charge in [-0.25, -0.2) is 0 Å². The molecule has 1 aromatic rings. The smallest absolute Gasteiger partial charge is 0.160 e. The van der Waals surface area contributed by atoms with Crippen molar-refractivity contribution in [2.45, 2.75) is 25.7 Å². The Morgan fingerprint density at radius 3 is 2.70 bits per heavy atom. The van der Waals surface area contributed by atoms with E-state index in [0.717, 1.165) is 11.1 Å². The van der Waals surface area contributed by atoms with Crippen LogP contribution in [0.5, 0.6) is 11.5 Å². The van der Waals surface area contributed by atoms with Crippen LogP contribution in [0, 0.1) is 0 Å². The SMILES string of the molecule is COc1cc(CCC(=O)C2=CC=C(O)CC2)ccc1O. The van der Waals surface area contributed by atoms with Gasteiger partial charge in [-0.15, -0.1) is 0 Å². The van der Waals surface area contributed by atoms with Gasteiger partial charge in [0.25, 0.3) is 0 Å². The van der Waals surface area contributed by atoms with Crippen LogP contribution in [0.1, 0.15) is 24.8 Å². The zero-order valence-corrected chi connectivity index (χ0v) is 11.4. The number of hydrogen-bond acceptors (Lipinski definition) is 4. The number of aryl methyl sites for hydroxylation is 1. The van der Waals surface area contributed by atoms with Crippen molar-refractivity contribution in [1.29, 1.82) is 0 Å². The topological polar surface area (TPSA) is 66.8 Å². The molecule has 0 aromatic heterocycles. The Balaban J connectivity index is 1.97. The highest BCUT2D eigenvalue weighted by Crippen LogP contribution is 2.27. The molecule has 0 heterocycles. The summed E-state index contributed by atoms with van der Waals surface area (Å²) in [6.07, 6.45) is 5.42. The van der Waals surface area contributed by atoms with E-state index in [9.17, 15) is 15.0 Å². The monoisotopic (exact) mass is 274 g/mol. The molecule has 0 saturated heterocycles. The number of allylic oxidation sites excluding steroid dienone is 4. The Morgan fingerprint density at radius 1 is 1.25 bits per heavy atom. The quantitative estimate of drug-likeness (QED) is 0.866. The van der Waals surface area contributed by atoms with E-state index in [4.69, 9.17) is 4.74 Å². The maximum Gasteiger partial charge on any atom is 0.160 e. The molecule has 20 heavy (non-hydrogen) atoms. The third-order valence-electron chi connectivity index (χ3n) is 3.37. The second-order valence-electron chi connectivity index (χ2n) is 4.78. The van der Waals surface area contributed by atoms with E-state index in [2.05, 4.69) is 0 Å². The number of aromatic hydroxyl groups is 1. The summed E-state index contributed by atoms with van der Waals surface area (Å²) >= 11 is 0. The van der Waals surface area contributed by atoms with Crippen molar-refractivity contribution in [2.75, 3.05) is 7.11 Å². The molecule has 0 aliphatic heterocycles. The molecular formula is C16H18O4. The fourth-order valence-corrected chi connectivity index (χ4v) is 2.15. The standard InChI is InChI=1S/C16H18O4/c1-20-16-10-11(3-9-15(16)19)2-8-14(18)12-4-6-13(17)7-5-12/h3-4,6,9-10,17,19H,2,5,7-8H2,1H3. The van der Waals surface area contributed by atoms with Gasteiger partial charge in [0, 0.05) is 12.8 Å². The zero-order valence-electron chi connectivity index (χ0n) is 11.4. The summed E-state index contributed by atoms with van der Waals surface area (Å²) in [6, 6.07) is 5.09. The minimum Gasteiger partial charge on any atom is -0.512 e. The van der Waals surface area contributed by atoms with Crippen LogP contribution in [0.25, 0.3) is 0 Å². The number of ether oxygens (including phenoxy) is 1. The van der Waals surface area contributed by atoms with Gasteiger partial charge in [0.05, 0.1) is 12.9 Å². The average Bonchev–Trinajstić information content (AvgIpc) is 2.46. The lowest BCUT2D eigenvalue weighted by Crippen LogP contribution is -2.07. The van der Waals surface area contributed by atoms with Crippen LogP contribution in [-0.4, -0.2) is 23.1 Å². The maximum absolute atomic E-state index is 12.0. The molecule has 1 aromatic carbocycles. The van der Waals surface area contributed by atoms with E-state index in [1.807, 2.05) is 0 Å². The molecule has 4 nitrogen and oxygen atoms in total. The number of carbonyl (C=O) groups is 1. The van der Waals surface area contributed by atoms with E-state index in [1.54, 1.807) is 30.4 Å². The summed E-state index contributed by atoms with van der Waals surface area (Å²) in [5.41, 5.74) is 1.70. The first-order valence-corrected chi connectivity index (χ1v) is 6.58. The first-order valence-electron chi connectivity index (χ1n) is 6.58. The molecule has 2 N–H and O–H groups in total. The normalized spacial score (nSPS) is 14.4. The summed E-state index contributed by atoms with van der Waals surface area (Å²) in [5, 5.41) is 18.8. The number of ketones is 1. The molecule has 2 rings (SSSR count). The molecule has 106 valence electrons. The van der Waals surface area contributed by atoms with Crippen molar-refractivity contribution < 1.29 is 19.7 Å². The Hall–Kier alpha value is -2.23.